The van der Waals surface area contributed by atoms with E-state index in [2.05, 4.69) is 6.20 Å². The molecule has 1 heterocycles. The smallest absolute Gasteiger partial charge is 0.0661 e. The van der Waals surface area contributed by atoms with Crippen LogP contribution in [-0.4, -0.2) is 16.3 Å². The first-order chi connectivity index (χ1) is 6.15. The molecule has 3 heteroatoms. The number of aromatic nitrogens is 1. The maximum absolute atomic E-state index is 9.27. The number of fused-ring (bicyclic) bond motifs is 1. The highest BCUT2D eigenvalue weighted by Gasteiger charge is 2.32. The first kappa shape index (κ1) is 8.78. The minimum atomic E-state index is -0.491. The Bertz CT molecular complexity index is 319. The Morgan fingerprint density at radius 3 is 3.08 bits per heavy atom. The van der Waals surface area contributed by atoms with Gasteiger partial charge in [-0.05, 0) is 30.4 Å². The first-order valence-corrected chi connectivity index (χ1v) is 4.71. The van der Waals surface area contributed by atoms with E-state index in [1.165, 1.54) is 5.56 Å². The van der Waals surface area contributed by atoms with Gasteiger partial charge in [0.15, 0.2) is 0 Å². The SMILES string of the molecule is Cn1cc2c(c1)C(N)(CO)CCC2. The summed E-state index contributed by atoms with van der Waals surface area (Å²) in [5, 5.41) is 9.27. The predicted octanol–water partition coefficient (Wildman–Crippen LogP) is 0.508. The Morgan fingerprint density at radius 2 is 2.38 bits per heavy atom. The second-order valence-corrected chi connectivity index (χ2v) is 4.03. The largest absolute Gasteiger partial charge is 0.394 e. The maximum atomic E-state index is 9.27. The Morgan fingerprint density at radius 1 is 1.62 bits per heavy atom. The van der Waals surface area contributed by atoms with E-state index >= 15 is 0 Å². The summed E-state index contributed by atoms with van der Waals surface area (Å²) in [4.78, 5) is 0. The standard InChI is InChI=1S/C10H16N2O/c1-12-5-8-3-2-4-10(11,7-13)9(8)6-12/h5-6,13H,2-4,7,11H2,1H3. The summed E-state index contributed by atoms with van der Waals surface area (Å²) in [5.41, 5.74) is 8.05. The van der Waals surface area contributed by atoms with E-state index in [9.17, 15) is 5.11 Å². The highest BCUT2D eigenvalue weighted by Crippen LogP contribution is 2.33. The number of nitrogens with zero attached hydrogens (tertiary/aromatic N) is 1. The molecule has 0 saturated carbocycles. The van der Waals surface area contributed by atoms with Crippen LogP contribution in [0.25, 0.3) is 0 Å². The van der Waals surface area contributed by atoms with Gasteiger partial charge >= 0.3 is 0 Å². The van der Waals surface area contributed by atoms with Crippen LogP contribution in [0.3, 0.4) is 0 Å². The zero-order chi connectivity index (χ0) is 9.47. The molecule has 0 fully saturated rings. The molecule has 72 valence electrons. The quantitative estimate of drug-likeness (QED) is 0.661. The molecular formula is C10H16N2O. The molecule has 1 unspecified atom stereocenters. The Balaban J connectivity index is 2.47. The maximum Gasteiger partial charge on any atom is 0.0661 e. The van der Waals surface area contributed by atoms with Crippen LogP contribution in [0.5, 0.6) is 0 Å². The van der Waals surface area contributed by atoms with Crippen LogP contribution < -0.4 is 5.73 Å². The zero-order valence-corrected chi connectivity index (χ0v) is 7.95. The monoisotopic (exact) mass is 180 g/mol. The number of aliphatic hydroxyl groups is 1. The molecule has 0 aliphatic heterocycles. The van der Waals surface area contributed by atoms with E-state index in [1.807, 2.05) is 17.8 Å². The van der Waals surface area contributed by atoms with Crippen molar-refractivity contribution in [2.75, 3.05) is 6.61 Å². The van der Waals surface area contributed by atoms with Crippen LogP contribution in [0.1, 0.15) is 24.0 Å². The summed E-state index contributed by atoms with van der Waals surface area (Å²) in [7, 11) is 2.00. The molecule has 3 nitrogen and oxygen atoms in total. The van der Waals surface area contributed by atoms with E-state index in [-0.39, 0.29) is 6.61 Å². The molecule has 3 N–H and O–H groups in total. The average molecular weight is 180 g/mol. The van der Waals surface area contributed by atoms with Crippen LogP contribution in [0, 0.1) is 0 Å². The van der Waals surface area contributed by atoms with Crippen molar-refractivity contribution in [1.82, 2.24) is 4.57 Å². The van der Waals surface area contributed by atoms with Crippen molar-refractivity contribution in [3.63, 3.8) is 0 Å². The lowest BCUT2D eigenvalue weighted by molar-refractivity contribution is 0.179. The van der Waals surface area contributed by atoms with E-state index in [0.717, 1.165) is 24.8 Å². The van der Waals surface area contributed by atoms with Crippen LogP contribution in [-0.2, 0) is 19.0 Å². The molecule has 0 spiro atoms. The van der Waals surface area contributed by atoms with Gasteiger partial charge in [0.05, 0.1) is 12.1 Å². The summed E-state index contributed by atoms with van der Waals surface area (Å²) >= 11 is 0. The van der Waals surface area contributed by atoms with Gasteiger partial charge in [-0.2, -0.15) is 0 Å². The zero-order valence-electron chi connectivity index (χ0n) is 7.95. The van der Waals surface area contributed by atoms with E-state index < -0.39 is 5.54 Å². The van der Waals surface area contributed by atoms with Gasteiger partial charge < -0.3 is 15.4 Å². The summed E-state index contributed by atoms with van der Waals surface area (Å²) in [6.07, 6.45) is 7.19. The molecular weight excluding hydrogens is 164 g/mol. The molecule has 1 aromatic heterocycles. The van der Waals surface area contributed by atoms with Crippen molar-refractivity contribution in [1.29, 1.82) is 0 Å². The topological polar surface area (TPSA) is 51.2 Å². The van der Waals surface area contributed by atoms with E-state index in [1.54, 1.807) is 0 Å². The van der Waals surface area contributed by atoms with E-state index in [0.29, 0.717) is 0 Å². The van der Waals surface area contributed by atoms with Crippen molar-refractivity contribution in [2.45, 2.75) is 24.8 Å². The van der Waals surface area contributed by atoms with Gasteiger partial charge in [-0.25, -0.2) is 0 Å². The number of hydrogen-bond acceptors (Lipinski definition) is 2. The number of rotatable bonds is 1. The Kier molecular flexibility index (Phi) is 1.93. The molecule has 0 radical (unpaired) electrons. The number of aliphatic hydroxyl groups excluding tert-OH is 1. The Labute approximate surface area is 78.2 Å². The van der Waals surface area contributed by atoms with Gasteiger partial charge in [-0.3, -0.25) is 0 Å². The lowest BCUT2D eigenvalue weighted by Crippen LogP contribution is -2.42. The van der Waals surface area contributed by atoms with Crippen LogP contribution in [0.2, 0.25) is 0 Å². The van der Waals surface area contributed by atoms with Gasteiger partial charge in [0.1, 0.15) is 0 Å². The second-order valence-electron chi connectivity index (χ2n) is 4.03. The van der Waals surface area contributed by atoms with Crippen molar-refractivity contribution in [3.8, 4) is 0 Å². The van der Waals surface area contributed by atoms with Crippen LogP contribution in [0.4, 0.5) is 0 Å². The van der Waals surface area contributed by atoms with Crippen LogP contribution in [0.15, 0.2) is 12.4 Å². The molecule has 13 heavy (non-hydrogen) atoms. The van der Waals surface area contributed by atoms with Crippen molar-refractivity contribution in [3.05, 3.63) is 23.5 Å². The summed E-state index contributed by atoms with van der Waals surface area (Å²) < 4.78 is 2.02. The molecule has 1 aromatic rings. The third-order valence-corrected chi connectivity index (χ3v) is 2.93. The molecule has 2 rings (SSSR count). The molecule has 0 bridgehead atoms. The summed E-state index contributed by atoms with van der Waals surface area (Å²) in [6.45, 7) is 0.0456. The molecule has 1 aliphatic rings. The third-order valence-electron chi connectivity index (χ3n) is 2.93. The fraction of sp³-hybridized carbons (Fsp3) is 0.600. The molecule has 1 aliphatic carbocycles. The summed E-state index contributed by atoms with van der Waals surface area (Å²) in [5.74, 6) is 0. The van der Waals surface area contributed by atoms with Gasteiger partial charge in [0.2, 0.25) is 0 Å². The fourth-order valence-corrected chi connectivity index (χ4v) is 2.18. The molecule has 1 atom stereocenters. The van der Waals surface area contributed by atoms with Crippen molar-refractivity contribution in [2.24, 2.45) is 12.8 Å². The number of nitrogens with two attached hydrogens (primary N) is 1. The molecule has 0 saturated heterocycles. The third kappa shape index (κ3) is 1.28. The minimum absolute atomic E-state index is 0.0456. The van der Waals surface area contributed by atoms with E-state index in [4.69, 9.17) is 5.73 Å². The highest BCUT2D eigenvalue weighted by molar-refractivity contribution is 5.34. The lowest BCUT2D eigenvalue weighted by Gasteiger charge is -2.31. The van der Waals surface area contributed by atoms with Crippen molar-refractivity contribution < 1.29 is 5.11 Å². The normalized spacial score (nSPS) is 27.3. The molecule has 0 amide bonds. The van der Waals surface area contributed by atoms with Gasteiger partial charge in [0, 0.05) is 19.4 Å². The van der Waals surface area contributed by atoms with Gasteiger partial charge in [-0.15, -0.1) is 0 Å². The Hall–Kier alpha value is -0.800. The predicted molar refractivity (Wildman–Crippen MR) is 51.3 cm³/mol. The first-order valence-electron chi connectivity index (χ1n) is 4.71. The van der Waals surface area contributed by atoms with Gasteiger partial charge in [0.25, 0.3) is 0 Å². The second kappa shape index (κ2) is 2.86. The average Bonchev–Trinajstić information content (AvgIpc) is 2.48. The molecule has 0 aromatic carbocycles. The summed E-state index contributed by atoms with van der Waals surface area (Å²) in [6, 6.07) is 0. The minimum Gasteiger partial charge on any atom is -0.394 e. The van der Waals surface area contributed by atoms with Crippen LogP contribution >= 0.6 is 0 Å². The number of aryl methyl sites for hydroxylation is 2. The fourth-order valence-electron chi connectivity index (χ4n) is 2.18. The number of hydrogen-bond donors (Lipinski definition) is 2. The van der Waals surface area contributed by atoms with Gasteiger partial charge in [-0.1, -0.05) is 0 Å². The highest BCUT2D eigenvalue weighted by atomic mass is 16.3. The van der Waals surface area contributed by atoms with Crippen molar-refractivity contribution >= 4 is 0 Å². The lowest BCUT2D eigenvalue weighted by atomic mass is 9.80.